The Morgan fingerprint density at radius 2 is 0.643 bits per heavy atom. The van der Waals surface area contributed by atoms with Gasteiger partial charge in [-0.25, -0.2) is 0 Å². The van der Waals surface area contributed by atoms with Crippen molar-refractivity contribution in [2.24, 2.45) is 10.8 Å². The second-order valence-electron chi connectivity index (χ2n) is 6.50. The molecule has 0 rings (SSSR count). The fourth-order valence-electron chi connectivity index (χ4n) is 0. The van der Waals surface area contributed by atoms with Gasteiger partial charge in [-0.15, -0.1) is 0 Å². The normalized spacial score (nSPS) is 11.6. The summed E-state index contributed by atoms with van der Waals surface area (Å²) in [5.41, 5.74) is 3.73. The largest absolute Gasteiger partial charge is 0.0778 e. The molecule has 0 radical (unpaired) electrons. The second-order valence-corrected chi connectivity index (χ2v) is 6.50. The quantitative estimate of drug-likeness (QED) is 0.455. The van der Waals surface area contributed by atoms with Crippen LogP contribution in [0.25, 0.3) is 0 Å². The molecule has 0 nitrogen and oxygen atoms in total. The van der Waals surface area contributed by atoms with Gasteiger partial charge in [0.2, 0.25) is 0 Å². The van der Waals surface area contributed by atoms with Gasteiger partial charge in [0.05, 0.1) is 0 Å². The summed E-state index contributed by atoms with van der Waals surface area (Å²) >= 11 is 0. The highest BCUT2D eigenvalue weighted by Crippen LogP contribution is 2.36. The van der Waals surface area contributed by atoms with Crippen molar-refractivity contribution in [3.05, 3.63) is 11.1 Å². The van der Waals surface area contributed by atoms with Crippen LogP contribution < -0.4 is 0 Å². The third-order valence-electron chi connectivity index (χ3n) is 3.25. The first-order valence-electron chi connectivity index (χ1n) is 5.50. The van der Waals surface area contributed by atoms with Gasteiger partial charge in [-0.05, 0) is 38.5 Å². The maximum atomic E-state index is 2.27. The Morgan fingerprint density at radius 1 is 0.500 bits per heavy atom. The monoisotopic (exact) mass is 198 g/mol. The summed E-state index contributed by atoms with van der Waals surface area (Å²) < 4.78 is 0. The highest BCUT2D eigenvalue weighted by Gasteiger charge is 2.26. The van der Waals surface area contributed by atoms with E-state index in [0.29, 0.717) is 10.8 Å². The maximum Gasteiger partial charge on any atom is -0.0334 e. The van der Waals surface area contributed by atoms with Gasteiger partial charge in [-0.3, -0.25) is 0 Å². The number of allylic oxidation sites excluding steroid dienone is 2. The Balaban J connectivity index is 0. The molecule has 0 aromatic heterocycles. The molecule has 0 heterocycles. The lowest BCUT2D eigenvalue weighted by atomic mass is 9.71. The third kappa shape index (κ3) is 8.34. The van der Waals surface area contributed by atoms with Gasteiger partial charge < -0.3 is 0 Å². The van der Waals surface area contributed by atoms with Crippen LogP contribution >= 0.6 is 0 Å². The summed E-state index contributed by atoms with van der Waals surface area (Å²) in [4.78, 5) is 0. The molecule has 0 unspecified atom stereocenters. The maximum absolute atomic E-state index is 2.27. The van der Waals surface area contributed by atoms with Crippen LogP contribution in [0.1, 0.15) is 69.2 Å². The van der Waals surface area contributed by atoms with Crippen LogP contribution in [-0.4, -0.2) is 0 Å². The minimum absolute atomic E-state index is 0.437. The summed E-state index contributed by atoms with van der Waals surface area (Å²) in [6, 6.07) is 0. The van der Waals surface area contributed by atoms with Crippen molar-refractivity contribution in [3.8, 4) is 0 Å². The molecule has 0 saturated carbocycles. The van der Waals surface area contributed by atoms with E-state index in [1.54, 1.807) is 0 Å². The molecule has 0 saturated heterocycles. The van der Waals surface area contributed by atoms with Crippen LogP contribution in [0, 0.1) is 10.8 Å². The molecule has 0 aromatic carbocycles. The number of hydrogen-bond acceptors (Lipinski definition) is 0. The summed E-state index contributed by atoms with van der Waals surface area (Å²) in [7, 11) is 0. The molecule has 0 atom stereocenters. The molecule has 0 N–H and O–H groups in total. The summed E-state index contributed by atoms with van der Waals surface area (Å²) in [5, 5.41) is 0. The summed E-state index contributed by atoms with van der Waals surface area (Å²) in [6.45, 7) is 22.1. The molecule has 14 heavy (non-hydrogen) atoms. The van der Waals surface area contributed by atoms with E-state index in [-0.39, 0.29) is 0 Å². The number of rotatable bonds is 0. The van der Waals surface area contributed by atoms with E-state index in [9.17, 15) is 0 Å². The summed E-state index contributed by atoms with van der Waals surface area (Å²) in [6.07, 6.45) is 0. The predicted molar refractivity (Wildman–Crippen MR) is 68.6 cm³/mol. The van der Waals surface area contributed by atoms with Crippen LogP contribution in [-0.2, 0) is 0 Å². The molecular weight excluding hydrogens is 168 g/mol. The fourth-order valence-corrected chi connectivity index (χ4v) is 0. The third-order valence-corrected chi connectivity index (χ3v) is 3.25. The molecule has 0 amide bonds. The Hall–Kier alpha value is -0.260. The molecule has 0 aromatic rings. The van der Waals surface area contributed by atoms with Crippen LogP contribution in [0.4, 0.5) is 0 Å². The van der Waals surface area contributed by atoms with Gasteiger partial charge in [0, 0.05) is 0 Å². The molecule has 86 valence electrons. The zero-order valence-electron chi connectivity index (χ0n) is 12.0. The van der Waals surface area contributed by atoms with Gasteiger partial charge in [-0.2, -0.15) is 0 Å². The van der Waals surface area contributed by atoms with Crippen LogP contribution in [0.3, 0.4) is 0 Å². The summed E-state index contributed by atoms with van der Waals surface area (Å²) in [5.74, 6) is 0. The SMILES string of the molecule is CC(C)(C)C(C)(C)C.CC(C)=C(C)C. The molecule has 0 aliphatic heterocycles. The van der Waals surface area contributed by atoms with Gasteiger partial charge >= 0.3 is 0 Å². The van der Waals surface area contributed by atoms with E-state index < -0.39 is 0 Å². The van der Waals surface area contributed by atoms with E-state index in [1.165, 1.54) is 11.1 Å². The highest BCUT2D eigenvalue weighted by atomic mass is 14.3. The second kappa shape index (κ2) is 5.58. The Kier molecular flexibility index (Phi) is 6.45. The first-order valence-corrected chi connectivity index (χ1v) is 5.50. The van der Waals surface area contributed by atoms with E-state index >= 15 is 0 Å². The van der Waals surface area contributed by atoms with Gasteiger partial charge in [0.1, 0.15) is 0 Å². The lowest BCUT2D eigenvalue weighted by molar-refractivity contribution is 0.157. The molecule has 0 heteroatoms. The Morgan fingerprint density at radius 3 is 0.643 bits per heavy atom. The van der Waals surface area contributed by atoms with Crippen molar-refractivity contribution < 1.29 is 0 Å². The van der Waals surface area contributed by atoms with E-state index in [4.69, 9.17) is 0 Å². The molecule has 0 aliphatic carbocycles. The Labute approximate surface area is 91.8 Å². The molecule has 0 aliphatic rings. The molecule has 0 fully saturated rings. The minimum atomic E-state index is 0.437. The minimum Gasteiger partial charge on any atom is -0.0778 e. The first-order chi connectivity index (χ1) is 5.89. The first kappa shape index (κ1) is 16.2. The average Bonchev–Trinajstić information content (AvgIpc) is 1.83. The Bertz CT molecular complexity index is 151. The van der Waals surface area contributed by atoms with Crippen molar-refractivity contribution in [2.45, 2.75) is 69.2 Å². The van der Waals surface area contributed by atoms with Crippen molar-refractivity contribution in [2.75, 3.05) is 0 Å². The van der Waals surface area contributed by atoms with Crippen molar-refractivity contribution >= 4 is 0 Å². The van der Waals surface area contributed by atoms with Crippen LogP contribution in [0.2, 0.25) is 0 Å². The zero-order valence-corrected chi connectivity index (χ0v) is 12.0. The van der Waals surface area contributed by atoms with Gasteiger partial charge in [-0.1, -0.05) is 52.7 Å². The van der Waals surface area contributed by atoms with E-state index in [0.717, 1.165) is 0 Å². The van der Waals surface area contributed by atoms with Crippen molar-refractivity contribution in [3.63, 3.8) is 0 Å². The standard InChI is InChI=1S/C8H18.C6H12/c1-7(2,3)8(4,5)6;1-5(2)6(3)4/h1-6H3;1-4H3. The lowest BCUT2D eigenvalue weighted by Crippen LogP contribution is -2.25. The highest BCUT2D eigenvalue weighted by molar-refractivity contribution is 5.02. The topological polar surface area (TPSA) is 0 Å². The van der Waals surface area contributed by atoms with Crippen LogP contribution in [0.15, 0.2) is 11.1 Å². The molecular formula is C14H30. The van der Waals surface area contributed by atoms with Gasteiger partial charge in [0.25, 0.3) is 0 Å². The average molecular weight is 198 g/mol. The lowest BCUT2D eigenvalue weighted by Gasteiger charge is -2.34. The van der Waals surface area contributed by atoms with Crippen molar-refractivity contribution in [1.29, 1.82) is 0 Å². The fraction of sp³-hybridized carbons (Fsp3) is 0.857. The number of hydrogen-bond donors (Lipinski definition) is 0. The van der Waals surface area contributed by atoms with Gasteiger partial charge in [0.15, 0.2) is 0 Å². The van der Waals surface area contributed by atoms with E-state index in [1.807, 2.05) is 0 Å². The van der Waals surface area contributed by atoms with Crippen molar-refractivity contribution in [1.82, 2.24) is 0 Å². The predicted octanol–water partition coefficient (Wildman–Crippen LogP) is 5.44. The van der Waals surface area contributed by atoms with E-state index in [2.05, 4.69) is 69.2 Å². The van der Waals surface area contributed by atoms with Crippen LogP contribution in [0.5, 0.6) is 0 Å². The molecule has 0 spiro atoms. The smallest absolute Gasteiger partial charge is 0.0334 e. The zero-order chi connectivity index (χ0) is 12.2. The molecule has 0 bridgehead atoms.